The summed E-state index contributed by atoms with van der Waals surface area (Å²) in [5.41, 5.74) is -1.03. The van der Waals surface area contributed by atoms with Gasteiger partial charge in [0.15, 0.2) is 0 Å². The summed E-state index contributed by atoms with van der Waals surface area (Å²) < 4.78 is 65.0. The summed E-state index contributed by atoms with van der Waals surface area (Å²) in [6.07, 6.45) is -2.80. The average molecular weight is 365 g/mol. The molecule has 0 aliphatic carbocycles. The number of rotatable bonds is 5. The molecule has 1 aliphatic heterocycles. The lowest BCUT2D eigenvalue weighted by Crippen LogP contribution is -2.43. The molecule has 5 nitrogen and oxygen atoms in total. The molecule has 1 aliphatic rings. The van der Waals surface area contributed by atoms with E-state index >= 15 is 0 Å². The van der Waals surface area contributed by atoms with Gasteiger partial charge in [-0.05, 0) is 37.5 Å². The first kappa shape index (κ1) is 18.7. The van der Waals surface area contributed by atoms with E-state index in [-0.39, 0.29) is 19.4 Å². The zero-order valence-corrected chi connectivity index (χ0v) is 13.6. The Kier molecular flexibility index (Phi) is 5.54. The predicted molar refractivity (Wildman–Crippen MR) is 79.8 cm³/mol. The topological polar surface area (TPSA) is 74.7 Å². The second-order valence-corrected chi connectivity index (χ2v) is 7.61. The van der Waals surface area contributed by atoms with Crippen molar-refractivity contribution in [2.75, 3.05) is 6.54 Å². The van der Waals surface area contributed by atoms with Gasteiger partial charge < -0.3 is 5.11 Å². The molecule has 0 spiro atoms. The molecule has 0 amide bonds. The minimum absolute atomic E-state index is 0.146. The quantitative estimate of drug-likeness (QED) is 0.870. The Hall–Kier alpha value is -1.61. The largest absolute Gasteiger partial charge is 0.481 e. The third-order valence-electron chi connectivity index (χ3n) is 4.03. The number of benzene rings is 1. The second-order valence-electron chi connectivity index (χ2n) is 5.72. The molecule has 1 unspecified atom stereocenters. The Morgan fingerprint density at radius 2 is 2.00 bits per heavy atom. The third-order valence-corrected chi connectivity index (χ3v) is 5.98. The molecule has 1 aromatic carbocycles. The van der Waals surface area contributed by atoms with Crippen LogP contribution in [0, 0.1) is 0 Å². The van der Waals surface area contributed by atoms with E-state index in [4.69, 9.17) is 5.11 Å². The standard InChI is InChI=1S/C15H18F3NO4S/c16-15(17,18)11-4-3-6-13(10-11)24(22,23)19-9-2-1-5-12(19)7-8-14(20)21/h3-4,6,10,12H,1-2,5,7-9H2,(H,20,21). The maximum atomic E-state index is 12.8. The van der Waals surface area contributed by atoms with Crippen molar-refractivity contribution in [3.8, 4) is 0 Å². The van der Waals surface area contributed by atoms with E-state index in [0.717, 1.165) is 28.9 Å². The first-order valence-electron chi connectivity index (χ1n) is 7.53. The number of aliphatic carboxylic acids is 1. The van der Waals surface area contributed by atoms with Gasteiger partial charge in [-0.1, -0.05) is 12.5 Å². The number of hydrogen-bond donors (Lipinski definition) is 1. The zero-order chi connectivity index (χ0) is 18.0. The number of sulfonamides is 1. The van der Waals surface area contributed by atoms with Gasteiger partial charge in [0.05, 0.1) is 10.5 Å². The van der Waals surface area contributed by atoms with E-state index in [9.17, 15) is 26.4 Å². The van der Waals surface area contributed by atoms with Gasteiger partial charge in [0, 0.05) is 19.0 Å². The van der Waals surface area contributed by atoms with Crippen molar-refractivity contribution in [3.63, 3.8) is 0 Å². The molecule has 1 atom stereocenters. The van der Waals surface area contributed by atoms with E-state index in [0.29, 0.717) is 18.9 Å². The molecule has 1 fully saturated rings. The van der Waals surface area contributed by atoms with Crippen LogP contribution in [0.1, 0.15) is 37.7 Å². The van der Waals surface area contributed by atoms with Gasteiger partial charge in [-0.15, -0.1) is 0 Å². The lowest BCUT2D eigenvalue weighted by atomic mass is 10.0. The Morgan fingerprint density at radius 3 is 2.62 bits per heavy atom. The molecular weight excluding hydrogens is 347 g/mol. The highest BCUT2D eigenvalue weighted by Crippen LogP contribution is 2.33. The first-order chi connectivity index (χ1) is 11.1. The molecule has 1 aromatic rings. The molecule has 1 saturated heterocycles. The average Bonchev–Trinajstić information content (AvgIpc) is 2.52. The molecule has 2 rings (SSSR count). The molecule has 1 N–H and O–H groups in total. The summed E-state index contributed by atoms with van der Waals surface area (Å²) in [4.78, 5) is 10.3. The van der Waals surface area contributed by atoms with Gasteiger partial charge in [0.2, 0.25) is 10.0 Å². The van der Waals surface area contributed by atoms with E-state index in [1.165, 1.54) is 0 Å². The zero-order valence-electron chi connectivity index (χ0n) is 12.8. The van der Waals surface area contributed by atoms with Crippen molar-refractivity contribution in [1.29, 1.82) is 0 Å². The number of hydrogen-bond acceptors (Lipinski definition) is 3. The number of piperidine rings is 1. The van der Waals surface area contributed by atoms with Crippen molar-refractivity contribution in [2.24, 2.45) is 0 Å². The van der Waals surface area contributed by atoms with E-state index in [1.807, 2.05) is 0 Å². The predicted octanol–water partition coefficient (Wildman–Crippen LogP) is 3.11. The SMILES string of the molecule is O=C(O)CCC1CCCCN1S(=O)(=O)c1cccc(C(F)(F)F)c1. The lowest BCUT2D eigenvalue weighted by Gasteiger charge is -2.34. The highest BCUT2D eigenvalue weighted by atomic mass is 32.2. The Labute approximate surface area is 138 Å². The molecule has 0 radical (unpaired) electrons. The molecular formula is C15H18F3NO4S. The van der Waals surface area contributed by atoms with Crippen LogP contribution in [0.5, 0.6) is 0 Å². The van der Waals surface area contributed by atoms with Crippen LogP contribution < -0.4 is 0 Å². The van der Waals surface area contributed by atoms with Gasteiger partial charge in [-0.2, -0.15) is 17.5 Å². The number of carbonyl (C=O) groups is 1. The van der Waals surface area contributed by atoms with Crippen molar-refractivity contribution in [1.82, 2.24) is 4.31 Å². The molecule has 0 saturated carbocycles. The Bertz CT molecular complexity index is 703. The number of alkyl halides is 3. The molecule has 9 heteroatoms. The molecule has 1 heterocycles. The maximum absolute atomic E-state index is 12.8. The fourth-order valence-electron chi connectivity index (χ4n) is 2.84. The molecule has 24 heavy (non-hydrogen) atoms. The fourth-order valence-corrected chi connectivity index (χ4v) is 4.61. The molecule has 134 valence electrons. The van der Waals surface area contributed by atoms with Crippen LogP contribution in [0.2, 0.25) is 0 Å². The summed E-state index contributed by atoms with van der Waals surface area (Å²) in [5.74, 6) is -1.03. The number of nitrogens with zero attached hydrogens (tertiary/aromatic N) is 1. The van der Waals surface area contributed by atoms with E-state index < -0.39 is 38.7 Å². The summed E-state index contributed by atoms with van der Waals surface area (Å²) >= 11 is 0. The monoisotopic (exact) mass is 365 g/mol. The Morgan fingerprint density at radius 1 is 1.29 bits per heavy atom. The Balaban J connectivity index is 2.32. The summed E-state index contributed by atoms with van der Waals surface area (Å²) in [7, 11) is -4.10. The summed E-state index contributed by atoms with van der Waals surface area (Å²) in [6, 6.07) is 3.13. The number of carboxylic acid groups (broad SMARTS) is 1. The van der Waals surface area contributed by atoms with Crippen LogP contribution in [-0.4, -0.2) is 36.4 Å². The van der Waals surface area contributed by atoms with Crippen LogP contribution in [0.15, 0.2) is 29.2 Å². The minimum atomic E-state index is -4.63. The smallest absolute Gasteiger partial charge is 0.416 e. The van der Waals surface area contributed by atoms with Gasteiger partial charge in [-0.25, -0.2) is 8.42 Å². The van der Waals surface area contributed by atoms with Crippen LogP contribution in [0.25, 0.3) is 0 Å². The number of carboxylic acids is 1. The summed E-state index contributed by atoms with van der Waals surface area (Å²) in [5, 5.41) is 8.78. The highest BCUT2D eigenvalue weighted by Gasteiger charge is 2.36. The third kappa shape index (κ3) is 4.27. The van der Waals surface area contributed by atoms with Crippen molar-refractivity contribution >= 4 is 16.0 Å². The van der Waals surface area contributed by atoms with Gasteiger partial charge in [0.1, 0.15) is 0 Å². The summed E-state index contributed by atoms with van der Waals surface area (Å²) in [6.45, 7) is 0.183. The van der Waals surface area contributed by atoms with E-state index in [2.05, 4.69) is 0 Å². The first-order valence-corrected chi connectivity index (χ1v) is 8.97. The molecule has 0 aromatic heterocycles. The molecule has 0 bridgehead atoms. The van der Waals surface area contributed by atoms with Gasteiger partial charge >= 0.3 is 12.1 Å². The highest BCUT2D eigenvalue weighted by molar-refractivity contribution is 7.89. The van der Waals surface area contributed by atoms with Crippen LogP contribution in [-0.2, 0) is 21.0 Å². The van der Waals surface area contributed by atoms with Gasteiger partial charge in [-0.3, -0.25) is 4.79 Å². The fraction of sp³-hybridized carbons (Fsp3) is 0.533. The maximum Gasteiger partial charge on any atom is 0.416 e. The lowest BCUT2D eigenvalue weighted by molar-refractivity contribution is -0.138. The number of halogens is 3. The van der Waals surface area contributed by atoms with Crippen molar-refractivity contribution in [2.45, 2.75) is 49.2 Å². The van der Waals surface area contributed by atoms with Gasteiger partial charge in [0.25, 0.3) is 0 Å². The van der Waals surface area contributed by atoms with Crippen LogP contribution >= 0.6 is 0 Å². The van der Waals surface area contributed by atoms with E-state index in [1.54, 1.807) is 0 Å². The normalized spacial score (nSPS) is 20.0. The van der Waals surface area contributed by atoms with Crippen LogP contribution in [0.3, 0.4) is 0 Å². The second kappa shape index (κ2) is 7.10. The van der Waals surface area contributed by atoms with Crippen molar-refractivity contribution < 1.29 is 31.5 Å². The van der Waals surface area contributed by atoms with Crippen molar-refractivity contribution in [3.05, 3.63) is 29.8 Å². The minimum Gasteiger partial charge on any atom is -0.481 e. The van der Waals surface area contributed by atoms with Crippen LogP contribution in [0.4, 0.5) is 13.2 Å².